The molecule has 0 saturated carbocycles. The van der Waals surface area contributed by atoms with Crippen molar-refractivity contribution in [2.24, 2.45) is 0 Å². The largest absolute Gasteiger partial charge is 0.341 e. The summed E-state index contributed by atoms with van der Waals surface area (Å²) in [4.78, 5) is 30.1. The van der Waals surface area contributed by atoms with Crippen LogP contribution in [0.3, 0.4) is 0 Å². The van der Waals surface area contributed by atoms with E-state index in [1.54, 1.807) is 4.90 Å². The van der Waals surface area contributed by atoms with Gasteiger partial charge in [-0.15, -0.1) is 0 Å². The molecule has 1 aromatic heterocycles. The first-order valence-electron chi connectivity index (χ1n) is 13.1. The summed E-state index contributed by atoms with van der Waals surface area (Å²) in [7, 11) is 1.85. The average Bonchev–Trinajstić information content (AvgIpc) is 3.29. The fraction of sp³-hybridized carbons (Fsp3) is 0.333. The maximum absolute atomic E-state index is 13.0. The van der Waals surface area contributed by atoms with Gasteiger partial charge < -0.3 is 9.80 Å². The minimum absolute atomic E-state index is 0.000233. The number of carbonyl (C=O) groups is 1. The minimum Gasteiger partial charge on any atom is -0.341 e. The molecule has 1 amide bonds. The van der Waals surface area contributed by atoms with Crippen LogP contribution >= 0.6 is 23.2 Å². The molecule has 5 rings (SSSR count). The van der Waals surface area contributed by atoms with Crippen molar-refractivity contribution >= 4 is 40.0 Å². The zero-order valence-electron chi connectivity index (χ0n) is 21.4. The van der Waals surface area contributed by atoms with Crippen LogP contribution in [-0.2, 0) is 0 Å². The number of likely N-dealkylation sites (tertiary alicyclic amines) is 1. The molecule has 198 valence electrons. The lowest BCUT2D eigenvalue weighted by Gasteiger charge is -2.33. The number of fused-ring (bicyclic) bond motifs is 1. The van der Waals surface area contributed by atoms with Gasteiger partial charge in [-0.25, -0.2) is 4.68 Å². The van der Waals surface area contributed by atoms with E-state index < -0.39 is 0 Å². The van der Waals surface area contributed by atoms with Crippen molar-refractivity contribution in [2.45, 2.75) is 31.2 Å². The average molecular weight is 552 g/mol. The number of rotatable bonds is 8. The Morgan fingerprint density at radius 2 is 1.71 bits per heavy atom. The number of benzene rings is 3. The number of carbonyl (C=O) groups excluding carboxylic acids is 1. The smallest absolute Gasteiger partial charge is 0.274 e. The van der Waals surface area contributed by atoms with E-state index in [-0.39, 0.29) is 23.4 Å². The Morgan fingerprint density at radius 1 is 1.00 bits per heavy atom. The molecule has 2 heterocycles. The van der Waals surface area contributed by atoms with Crippen LogP contribution in [0, 0.1) is 0 Å². The van der Waals surface area contributed by atoms with E-state index in [1.807, 2.05) is 84.5 Å². The first-order valence-corrected chi connectivity index (χ1v) is 13.8. The molecule has 0 radical (unpaired) electrons. The molecule has 3 aromatic carbocycles. The molecule has 1 fully saturated rings. The highest BCUT2D eigenvalue weighted by atomic mass is 35.5. The molecule has 6 nitrogen and oxygen atoms in total. The second-order valence-electron chi connectivity index (χ2n) is 10.1. The third-order valence-corrected chi connectivity index (χ3v) is 8.35. The maximum atomic E-state index is 13.0. The Balaban J connectivity index is 1.24. The van der Waals surface area contributed by atoms with Gasteiger partial charge in [0.15, 0.2) is 0 Å². The lowest BCUT2D eigenvalue weighted by atomic mass is 9.94. The summed E-state index contributed by atoms with van der Waals surface area (Å²) in [5, 5.41) is 5.09. The van der Waals surface area contributed by atoms with Crippen LogP contribution in [0.1, 0.15) is 47.1 Å². The van der Waals surface area contributed by atoms with E-state index in [4.69, 9.17) is 23.2 Å². The van der Waals surface area contributed by atoms with Crippen LogP contribution in [0.5, 0.6) is 0 Å². The van der Waals surface area contributed by atoms with Gasteiger partial charge in [-0.05, 0) is 67.8 Å². The van der Waals surface area contributed by atoms with Crippen molar-refractivity contribution in [3.05, 3.63) is 104 Å². The standard InChI is InChI=1S/C30H32Cl2N4O2/c1-34(29(37)21-7-3-2-4-8-21)20-23(22-11-12-26(31)27(32)19-22)13-16-35-17-14-24(15-18-35)36-30(38)25-9-5-6-10-28(25)33-36/h2-12,19,23-24,33H,13-18,20H2,1H3. The number of piperidine rings is 1. The fourth-order valence-electron chi connectivity index (χ4n) is 5.42. The summed E-state index contributed by atoms with van der Waals surface area (Å²) in [6.07, 6.45) is 2.70. The summed E-state index contributed by atoms with van der Waals surface area (Å²) in [5.41, 5.74) is 2.70. The molecule has 8 heteroatoms. The molecule has 1 atom stereocenters. The van der Waals surface area contributed by atoms with Crippen LogP contribution < -0.4 is 5.56 Å². The molecule has 38 heavy (non-hydrogen) atoms. The van der Waals surface area contributed by atoms with E-state index >= 15 is 0 Å². The van der Waals surface area contributed by atoms with Crippen molar-refractivity contribution in [1.29, 1.82) is 0 Å². The Morgan fingerprint density at radius 3 is 2.42 bits per heavy atom. The highest BCUT2D eigenvalue weighted by Crippen LogP contribution is 2.30. The number of H-pyrrole nitrogens is 1. The van der Waals surface area contributed by atoms with Gasteiger partial charge in [0.25, 0.3) is 11.5 Å². The number of likely N-dealkylation sites (N-methyl/N-ethyl adjacent to an activating group) is 1. The Hall–Kier alpha value is -3.06. The van der Waals surface area contributed by atoms with E-state index in [1.165, 1.54) is 0 Å². The number of hydrogen-bond acceptors (Lipinski definition) is 3. The van der Waals surface area contributed by atoms with Gasteiger partial charge in [-0.3, -0.25) is 14.7 Å². The zero-order valence-corrected chi connectivity index (χ0v) is 23.0. The summed E-state index contributed by atoms with van der Waals surface area (Å²) in [5.74, 6) is 0.108. The van der Waals surface area contributed by atoms with Gasteiger partial charge in [0.2, 0.25) is 0 Å². The van der Waals surface area contributed by atoms with E-state index in [0.29, 0.717) is 22.2 Å². The molecule has 0 aliphatic carbocycles. The molecule has 4 aromatic rings. The Labute approximate surface area is 232 Å². The predicted octanol–water partition coefficient (Wildman–Crippen LogP) is 6.22. The van der Waals surface area contributed by atoms with Crippen LogP contribution in [0.15, 0.2) is 77.6 Å². The van der Waals surface area contributed by atoms with Crippen LogP contribution in [0.25, 0.3) is 10.9 Å². The number of para-hydroxylation sites is 1. The number of halogens is 2. The summed E-state index contributed by atoms with van der Waals surface area (Å²) < 4.78 is 1.81. The maximum Gasteiger partial charge on any atom is 0.274 e. The lowest BCUT2D eigenvalue weighted by Crippen LogP contribution is -2.39. The number of aromatic nitrogens is 2. The number of nitrogens with one attached hydrogen (secondary N) is 1. The van der Waals surface area contributed by atoms with E-state index in [2.05, 4.69) is 10.00 Å². The van der Waals surface area contributed by atoms with Crippen molar-refractivity contribution in [3.8, 4) is 0 Å². The monoisotopic (exact) mass is 550 g/mol. The van der Waals surface area contributed by atoms with Gasteiger partial charge in [0.05, 0.1) is 27.0 Å². The quantitative estimate of drug-likeness (QED) is 0.283. The molecular formula is C30H32Cl2N4O2. The molecule has 1 aliphatic rings. The van der Waals surface area contributed by atoms with Gasteiger partial charge in [0, 0.05) is 38.2 Å². The summed E-state index contributed by atoms with van der Waals surface area (Å²) in [6.45, 7) is 3.30. The second kappa shape index (κ2) is 11.8. The van der Waals surface area contributed by atoms with Crippen LogP contribution in [0.2, 0.25) is 10.0 Å². The summed E-state index contributed by atoms with van der Waals surface area (Å²) >= 11 is 12.6. The first-order chi connectivity index (χ1) is 18.4. The second-order valence-corrected chi connectivity index (χ2v) is 10.9. The lowest BCUT2D eigenvalue weighted by molar-refractivity contribution is 0.0781. The number of aromatic amines is 1. The number of nitrogens with zero attached hydrogens (tertiary/aromatic N) is 3. The zero-order chi connectivity index (χ0) is 26.6. The molecule has 1 N–H and O–H groups in total. The van der Waals surface area contributed by atoms with Crippen molar-refractivity contribution in [1.82, 2.24) is 19.6 Å². The first kappa shape index (κ1) is 26.5. The third kappa shape index (κ3) is 5.83. The Kier molecular flexibility index (Phi) is 8.22. The normalized spacial score (nSPS) is 15.6. The van der Waals surface area contributed by atoms with E-state index in [0.717, 1.165) is 55.4 Å². The van der Waals surface area contributed by atoms with Gasteiger partial charge in [0.1, 0.15) is 0 Å². The predicted molar refractivity (Wildman–Crippen MR) is 154 cm³/mol. The highest BCUT2D eigenvalue weighted by molar-refractivity contribution is 6.42. The van der Waals surface area contributed by atoms with Crippen LogP contribution in [0.4, 0.5) is 0 Å². The van der Waals surface area contributed by atoms with Crippen molar-refractivity contribution in [3.63, 3.8) is 0 Å². The fourth-order valence-corrected chi connectivity index (χ4v) is 5.72. The van der Waals surface area contributed by atoms with Crippen molar-refractivity contribution < 1.29 is 4.79 Å². The highest BCUT2D eigenvalue weighted by Gasteiger charge is 2.25. The number of amides is 1. The molecular weight excluding hydrogens is 519 g/mol. The van der Waals surface area contributed by atoms with Gasteiger partial charge in [-0.2, -0.15) is 0 Å². The molecule has 0 spiro atoms. The molecule has 0 bridgehead atoms. The van der Waals surface area contributed by atoms with Gasteiger partial charge >= 0.3 is 0 Å². The van der Waals surface area contributed by atoms with Crippen LogP contribution in [-0.4, -0.2) is 58.7 Å². The molecule has 1 aliphatic heterocycles. The number of hydrogen-bond donors (Lipinski definition) is 1. The SMILES string of the molecule is CN(CC(CCN1CCC(n2[nH]c3ccccc3c2=O)CC1)c1ccc(Cl)c(Cl)c1)C(=O)c1ccccc1. The molecule has 1 unspecified atom stereocenters. The third-order valence-electron chi connectivity index (χ3n) is 7.61. The summed E-state index contributed by atoms with van der Waals surface area (Å²) in [6, 6.07) is 23.0. The van der Waals surface area contributed by atoms with E-state index in [9.17, 15) is 9.59 Å². The molecule has 1 saturated heterocycles. The van der Waals surface area contributed by atoms with Crippen molar-refractivity contribution in [2.75, 3.05) is 33.2 Å². The topological polar surface area (TPSA) is 61.3 Å². The van der Waals surface area contributed by atoms with Gasteiger partial charge in [-0.1, -0.05) is 59.6 Å². The minimum atomic E-state index is 0.000233. The Bertz CT molecular complexity index is 1460.